The average Bonchev–Trinajstić information content (AvgIpc) is 2.67. The summed E-state index contributed by atoms with van der Waals surface area (Å²) in [6, 6.07) is 6.61. The maximum atomic E-state index is 5.23. The van der Waals surface area contributed by atoms with Crippen molar-refractivity contribution >= 4 is 17.1 Å². The third-order valence-electron chi connectivity index (χ3n) is 6.44. The van der Waals surface area contributed by atoms with Gasteiger partial charge in [-0.25, -0.2) is 0 Å². The third kappa shape index (κ3) is 5.84. The van der Waals surface area contributed by atoms with Gasteiger partial charge in [-0.1, -0.05) is 86.6 Å². The van der Waals surface area contributed by atoms with E-state index < -0.39 is 0 Å². The number of hydrogen-bond donors (Lipinski definition) is 0. The van der Waals surface area contributed by atoms with Crippen LogP contribution in [0.25, 0.3) is 0 Å². The Morgan fingerprint density at radius 2 is 1.29 bits per heavy atom. The van der Waals surface area contributed by atoms with Crippen molar-refractivity contribution in [3.05, 3.63) is 52.2 Å². The van der Waals surface area contributed by atoms with Crippen LogP contribution in [-0.2, 0) is 0 Å². The topological polar surface area (TPSA) is 24.7 Å². The van der Waals surface area contributed by atoms with E-state index in [9.17, 15) is 0 Å². The second-order valence-electron chi connectivity index (χ2n) is 10.4. The molecule has 2 rings (SSSR count). The van der Waals surface area contributed by atoms with E-state index in [4.69, 9.17) is 9.98 Å². The van der Waals surface area contributed by atoms with Gasteiger partial charge in [-0.15, -0.1) is 0 Å². The first-order valence-electron chi connectivity index (χ1n) is 12.1. The van der Waals surface area contributed by atoms with Crippen molar-refractivity contribution < 1.29 is 0 Å². The van der Waals surface area contributed by atoms with Crippen molar-refractivity contribution in [1.29, 1.82) is 0 Å². The van der Waals surface area contributed by atoms with Crippen LogP contribution in [0.2, 0.25) is 0 Å². The molecule has 1 aromatic carbocycles. The van der Waals surface area contributed by atoms with Crippen LogP contribution < -0.4 is 0 Å². The SMILES string of the molecule is CC(=NC1=C(C(C)C)C(C)CC=C1C(C)C)C(C)=Nc1c(C(C)C)cccc1C(C)C. The highest BCUT2D eigenvalue weighted by atomic mass is 14.8. The van der Waals surface area contributed by atoms with Gasteiger partial charge >= 0.3 is 0 Å². The normalized spacial score (nSPS) is 18.7. The molecule has 0 saturated carbocycles. The van der Waals surface area contributed by atoms with Crippen LogP contribution in [0.15, 0.2) is 51.1 Å². The van der Waals surface area contributed by atoms with Crippen LogP contribution in [0.3, 0.4) is 0 Å². The van der Waals surface area contributed by atoms with E-state index in [2.05, 4.69) is 100 Å². The summed E-state index contributed by atoms with van der Waals surface area (Å²) in [5, 5.41) is 0. The molecule has 1 aliphatic carbocycles. The van der Waals surface area contributed by atoms with Crippen LogP contribution in [0.4, 0.5) is 5.69 Å². The number of benzene rings is 1. The number of rotatable bonds is 7. The predicted octanol–water partition coefficient (Wildman–Crippen LogP) is 9.02. The third-order valence-corrected chi connectivity index (χ3v) is 6.44. The molecule has 0 heterocycles. The zero-order chi connectivity index (χ0) is 23.5. The molecular weight excluding hydrogens is 376 g/mol. The molecule has 1 aliphatic rings. The Bertz CT molecular complexity index is 878. The largest absolute Gasteiger partial charge is 0.252 e. The van der Waals surface area contributed by atoms with E-state index in [0.717, 1.165) is 23.5 Å². The lowest BCUT2D eigenvalue weighted by Crippen LogP contribution is -2.17. The fraction of sp³-hybridized carbons (Fsp3) is 0.586. The first-order chi connectivity index (χ1) is 14.5. The van der Waals surface area contributed by atoms with Crippen LogP contribution in [-0.4, -0.2) is 11.4 Å². The molecule has 0 spiro atoms. The molecule has 0 radical (unpaired) electrons. The highest BCUT2D eigenvalue weighted by Crippen LogP contribution is 2.38. The summed E-state index contributed by atoms with van der Waals surface area (Å²) < 4.78 is 0. The molecule has 2 nitrogen and oxygen atoms in total. The standard InChI is InChI=1S/C29H44N2/c1-17(2)24-13-12-14-25(18(3)4)28(24)30-22(10)23(11)31-29-26(19(5)6)16-15-21(9)27(29)20(7)8/h12-14,16-21H,15H2,1-11H3. The molecule has 0 amide bonds. The Morgan fingerprint density at radius 1 is 0.774 bits per heavy atom. The van der Waals surface area contributed by atoms with Crippen molar-refractivity contribution in [2.24, 2.45) is 27.7 Å². The highest BCUT2D eigenvalue weighted by Gasteiger charge is 2.25. The predicted molar refractivity (Wildman–Crippen MR) is 139 cm³/mol. The van der Waals surface area contributed by atoms with Crippen LogP contribution in [0.5, 0.6) is 0 Å². The molecule has 1 aromatic rings. The lowest BCUT2D eigenvalue weighted by atomic mass is 9.79. The molecule has 0 bridgehead atoms. The van der Waals surface area contributed by atoms with Gasteiger partial charge in [-0.05, 0) is 72.1 Å². The summed E-state index contributed by atoms with van der Waals surface area (Å²) >= 11 is 0. The maximum Gasteiger partial charge on any atom is 0.0702 e. The molecule has 0 aliphatic heterocycles. The number of allylic oxidation sites excluding steroid dienone is 3. The molecular formula is C29H44N2. The number of para-hydroxylation sites is 1. The van der Waals surface area contributed by atoms with Crippen molar-refractivity contribution in [3.63, 3.8) is 0 Å². The van der Waals surface area contributed by atoms with Crippen molar-refractivity contribution in [2.45, 2.75) is 94.4 Å². The summed E-state index contributed by atoms with van der Waals surface area (Å²) in [5.41, 5.74) is 9.87. The minimum Gasteiger partial charge on any atom is -0.252 e. The zero-order valence-corrected chi connectivity index (χ0v) is 21.8. The average molecular weight is 421 g/mol. The summed E-state index contributed by atoms with van der Waals surface area (Å²) in [6.07, 6.45) is 3.52. The van der Waals surface area contributed by atoms with Gasteiger partial charge < -0.3 is 0 Å². The zero-order valence-electron chi connectivity index (χ0n) is 21.8. The smallest absolute Gasteiger partial charge is 0.0702 e. The molecule has 0 N–H and O–H groups in total. The molecule has 0 aromatic heterocycles. The summed E-state index contributed by atoms with van der Waals surface area (Å²) in [5.74, 6) is 2.38. The van der Waals surface area contributed by atoms with E-state index in [1.54, 1.807) is 0 Å². The van der Waals surface area contributed by atoms with Crippen LogP contribution in [0.1, 0.15) is 106 Å². The molecule has 1 unspecified atom stereocenters. The van der Waals surface area contributed by atoms with Crippen molar-refractivity contribution in [1.82, 2.24) is 0 Å². The lowest BCUT2D eigenvalue weighted by Gasteiger charge is -2.29. The van der Waals surface area contributed by atoms with Crippen LogP contribution >= 0.6 is 0 Å². The first-order valence-corrected chi connectivity index (χ1v) is 12.1. The molecule has 2 heteroatoms. The minimum absolute atomic E-state index is 0.437. The van der Waals surface area contributed by atoms with Crippen molar-refractivity contribution in [3.8, 4) is 0 Å². The Labute approximate surface area is 191 Å². The number of nitrogens with zero attached hydrogens (tertiary/aromatic N) is 2. The van der Waals surface area contributed by atoms with E-state index >= 15 is 0 Å². The number of aliphatic imine (C=N–C) groups is 2. The Morgan fingerprint density at radius 3 is 1.74 bits per heavy atom. The monoisotopic (exact) mass is 420 g/mol. The molecule has 1 atom stereocenters. The van der Waals surface area contributed by atoms with Gasteiger partial charge in [0.2, 0.25) is 0 Å². The molecule has 0 saturated heterocycles. The fourth-order valence-electron chi connectivity index (χ4n) is 4.55. The summed E-state index contributed by atoms with van der Waals surface area (Å²) in [7, 11) is 0. The number of hydrogen-bond acceptors (Lipinski definition) is 2. The Balaban J connectivity index is 2.63. The second kappa shape index (κ2) is 10.6. The van der Waals surface area contributed by atoms with Gasteiger partial charge in [-0.3, -0.25) is 9.98 Å². The van der Waals surface area contributed by atoms with Crippen molar-refractivity contribution in [2.75, 3.05) is 0 Å². The Hall–Kier alpha value is -1.96. The Kier molecular flexibility index (Phi) is 8.63. The fourth-order valence-corrected chi connectivity index (χ4v) is 4.55. The van der Waals surface area contributed by atoms with E-state index in [1.807, 2.05) is 0 Å². The first kappa shape index (κ1) is 25.3. The van der Waals surface area contributed by atoms with Gasteiger partial charge in [0.1, 0.15) is 0 Å². The van der Waals surface area contributed by atoms with Gasteiger partial charge in [0, 0.05) is 0 Å². The van der Waals surface area contributed by atoms with E-state index in [-0.39, 0.29) is 0 Å². The minimum atomic E-state index is 0.437. The lowest BCUT2D eigenvalue weighted by molar-refractivity contribution is 0.558. The molecule has 31 heavy (non-hydrogen) atoms. The second-order valence-corrected chi connectivity index (χ2v) is 10.4. The van der Waals surface area contributed by atoms with Gasteiger partial charge in [0.05, 0.1) is 22.8 Å². The molecule has 170 valence electrons. The highest BCUT2D eigenvalue weighted by molar-refractivity contribution is 6.41. The molecule has 0 fully saturated rings. The summed E-state index contributed by atoms with van der Waals surface area (Å²) in [6.45, 7) is 24.7. The van der Waals surface area contributed by atoms with E-state index in [0.29, 0.717) is 29.6 Å². The van der Waals surface area contributed by atoms with Gasteiger partial charge in [-0.2, -0.15) is 0 Å². The maximum absolute atomic E-state index is 5.23. The van der Waals surface area contributed by atoms with Gasteiger partial charge in [0.25, 0.3) is 0 Å². The summed E-state index contributed by atoms with van der Waals surface area (Å²) in [4.78, 5) is 10.4. The quantitative estimate of drug-likeness (QED) is 0.393. The van der Waals surface area contributed by atoms with E-state index in [1.165, 1.54) is 28.0 Å². The van der Waals surface area contributed by atoms with Crippen LogP contribution in [0, 0.1) is 17.8 Å². The van der Waals surface area contributed by atoms with Gasteiger partial charge in [0.15, 0.2) is 0 Å².